The van der Waals surface area contributed by atoms with Gasteiger partial charge in [-0.15, -0.1) is 0 Å². The summed E-state index contributed by atoms with van der Waals surface area (Å²) in [6.45, 7) is 16.6. The van der Waals surface area contributed by atoms with Crippen LogP contribution in [0.15, 0.2) is 127 Å². The van der Waals surface area contributed by atoms with Crippen LogP contribution in [-0.2, 0) is 27.3 Å². The fourth-order valence-electron chi connectivity index (χ4n) is 8.73. The first kappa shape index (κ1) is 50.3. The first-order chi connectivity index (χ1) is 31.2. The van der Waals surface area contributed by atoms with Gasteiger partial charge in [-0.25, -0.2) is 0 Å². The zero-order valence-electron chi connectivity index (χ0n) is 39.5. The molecule has 12 heteroatoms. The molecular weight excluding hydrogens is 886 g/mol. The summed E-state index contributed by atoms with van der Waals surface area (Å²) < 4.78 is 66.6. The summed E-state index contributed by atoms with van der Waals surface area (Å²) in [5.74, 6) is 0. The highest BCUT2D eigenvalue weighted by molar-refractivity contribution is 7.84. The lowest BCUT2D eigenvalue weighted by Gasteiger charge is -2.36. The van der Waals surface area contributed by atoms with Crippen molar-refractivity contribution in [3.8, 4) is 0 Å². The van der Waals surface area contributed by atoms with Crippen molar-refractivity contribution in [3.05, 3.63) is 194 Å². The molecule has 9 nitrogen and oxygen atoms in total. The number of hydrogen-bond acceptors (Lipinski definition) is 9. The third-order valence-corrected chi connectivity index (χ3v) is 18.9. The molecule has 344 valence electrons. The van der Waals surface area contributed by atoms with Crippen molar-refractivity contribution < 1.29 is 41.6 Å². The average molecular weight is 945 g/mol. The molecule has 0 amide bonds. The van der Waals surface area contributed by atoms with Gasteiger partial charge in [-0.3, -0.25) is 28.1 Å². The molecular formula is C54H59O9P3. The molecule has 0 radical (unpaired) electrons. The summed E-state index contributed by atoms with van der Waals surface area (Å²) in [6, 6.07) is 35.7. The number of rotatable bonds is 19. The standard InChI is InChI=1S/C54H59O9P3/c1-11-54(33-61-64(58,45-21-15-12-16-22-45)51(55)48-39(5)27-36(2)28-40(48)6,34-62-65(59,46-23-17-13-18-24-46)52(56)49-41(7)29-37(3)30-42(49)8)35-63-66(60,47-25-19-14-20-26-47)53(57)50-43(9)31-38(4)32-44(50)10/h12-32H,11,33-35H2,1-10H3. The molecule has 6 aromatic rings. The topological polar surface area (TPSA) is 130 Å². The first-order valence-corrected chi connectivity index (χ1v) is 26.9. The predicted molar refractivity (Wildman–Crippen MR) is 267 cm³/mol. The van der Waals surface area contributed by atoms with E-state index < -0.39 is 63.9 Å². The highest BCUT2D eigenvalue weighted by atomic mass is 31.2. The molecule has 6 rings (SSSR count). The predicted octanol–water partition coefficient (Wildman–Crippen LogP) is 12.5. The van der Waals surface area contributed by atoms with Gasteiger partial charge in [0.25, 0.3) is 16.6 Å². The Morgan fingerprint density at radius 2 is 0.606 bits per heavy atom. The summed E-state index contributed by atoms with van der Waals surface area (Å²) in [7, 11) is -13.5. The van der Waals surface area contributed by atoms with Gasteiger partial charge < -0.3 is 13.6 Å². The third kappa shape index (κ3) is 10.2. The largest absolute Gasteiger partial charge is 0.319 e. The molecule has 0 saturated heterocycles. The molecule has 0 N–H and O–H groups in total. The molecule has 0 aliphatic carbocycles. The van der Waals surface area contributed by atoms with E-state index in [4.69, 9.17) is 13.6 Å². The van der Waals surface area contributed by atoms with E-state index in [1.165, 1.54) is 0 Å². The van der Waals surface area contributed by atoms with Crippen LogP contribution in [0.3, 0.4) is 0 Å². The number of aryl methyl sites for hydroxylation is 9. The molecule has 0 aliphatic heterocycles. The molecule has 0 heterocycles. The summed E-state index contributed by atoms with van der Waals surface area (Å²) in [5, 5.41) is 0.436. The van der Waals surface area contributed by atoms with Gasteiger partial charge in [-0.2, -0.15) is 0 Å². The van der Waals surface area contributed by atoms with Crippen LogP contribution >= 0.6 is 22.1 Å². The molecule has 0 saturated carbocycles. The Labute approximate surface area is 389 Å². The molecule has 3 atom stereocenters. The van der Waals surface area contributed by atoms with Crippen molar-refractivity contribution in [2.45, 2.75) is 75.7 Å². The van der Waals surface area contributed by atoms with Crippen LogP contribution in [0.1, 0.15) is 94.5 Å². The molecule has 0 fully saturated rings. The Bertz CT molecular complexity index is 2560. The van der Waals surface area contributed by atoms with Crippen molar-refractivity contribution >= 4 is 54.6 Å². The fourth-order valence-corrected chi connectivity index (χ4v) is 15.2. The second-order valence-electron chi connectivity index (χ2n) is 17.6. The Hall–Kier alpha value is -5.10. The molecule has 66 heavy (non-hydrogen) atoms. The van der Waals surface area contributed by atoms with Crippen LogP contribution < -0.4 is 15.9 Å². The van der Waals surface area contributed by atoms with E-state index in [9.17, 15) is 14.4 Å². The molecule has 6 aromatic carbocycles. The number of carbonyl (C=O) groups is 3. The third-order valence-electron chi connectivity index (χ3n) is 12.2. The van der Waals surface area contributed by atoms with Crippen LogP contribution in [0.2, 0.25) is 0 Å². The highest BCUT2D eigenvalue weighted by Crippen LogP contribution is 2.56. The number of carbonyl (C=O) groups excluding carboxylic acids is 3. The molecule has 0 bridgehead atoms. The van der Waals surface area contributed by atoms with Crippen LogP contribution in [-0.4, -0.2) is 36.4 Å². The SMILES string of the molecule is CCC(COP(=O)(C(=O)c1c(C)cc(C)cc1C)c1ccccc1)(COP(=O)(C(=O)c1c(C)cc(C)cc1C)c1ccccc1)COP(=O)(C(=O)c1c(C)cc(C)cc1C)c1ccccc1. The monoisotopic (exact) mass is 944 g/mol. The van der Waals surface area contributed by atoms with Gasteiger partial charge in [-0.1, -0.05) is 115 Å². The van der Waals surface area contributed by atoms with Gasteiger partial charge in [0.1, 0.15) is 0 Å². The van der Waals surface area contributed by atoms with E-state index in [1.54, 1.807) is 139 Å². The maximum absolute atomic E-state index is 15.6. The fraction of sp³-hybridized carbons (Fsp3) is 0.278. The lowest BCUT2D eigenvalue weighted by atomic mass is 9.88. The summed E-state index contributed by atoms with van der Waals surface area (Å²) in [5.41, 5.74) is 3.60. The van der Waals surface area contributed by atoms with Crippen LogP contribution in [0.5, 0.6) is 0 Å². The molecule has 0 aliphatic rings. The van der Waals surface area contributed by atoms with E-state index in [0.29, 0.717) is 33.4 Å². The maximum Gasteiger partial charge on any atom is 0.300 e. The molecule has 3 unspecified atom stereocenters. The average Bonchev–Trinajstić information content (AvgIpc) is 3.28. The van der Waals surface area contributed by atoms with Crippen molar-refractivity contribution in [1.29, 1.82) is 0 Å². The normalized spacial score (nSPS) is 15.2. The number of benzene rings is 6. The smallest absolute Gasteiger partial charge is 0.300 e. The van der Waals surface area contributed by atoms with Gasteiger partial charge in [0.2, 0.25) is 0 Å². The van der Waals surface area contributed by atoms with Crippen molar-refractivity contribution in [3.63, 3.8) is 0 Å². The summed E-state index contributed by atoms with van der Waals surface area (Å²) in [4.78, 5) is 44.6. The van der Waals surface area contributed by atoms with E-state index in [-0.39, 0.29) is 39.0 Å². The minimum absolute atomic E-state index is 0.0791. The van der Waals surface area contributed by atoms with Gasteiger partial charge >= 0.3 is 22.1 Å². The summed E-state index contributed by atoms with van der Waals surface area (Å²) >= 11 is 0. The van der Waals surface area contributed by atoms with Crippen molar-refractivity contribution in [2.75, 3.05) is 19.8 Å². The van der Waals surface area contributed by atoms with E-state index in [0.717, 1.165) is 16.7 Å². The van der Waals surface area contributed by atoms with Crippen molar-refractivity contribution in [1.82, 2.24) is 0 Å². The Kier molecular flexibility index (Phi) is 15.6. The Balaban J connectivity index is 1.51. The zero-order chi connectivity index (χ0) is 48.2. The van der Waals surface area contributed by atoms with Gasteiger partial charge in [0.15, 0.2) is 0 Å². The lowest BCUT2D eigenvalue weighted by Crippen LogP contribution is -2.38. The van der Waals surface area contributed by atoms with Crippen LogP contribution in [0.25, 0.3) is 0 Å². The van der Waals surface area contributed by atoms with Crippen LogP contribution in [0.4, 0.5) is 0 Å². The molecule has 0 aromatic heterocycles. The highest BCUT2D eigenvalue weighted by Gasteiger charge is 2.47. The van der Waals surface area contributed by atoms with Gasteiger partial charge in [0, 0.05) is 38.0 Å². The Morgan fingerprint density at radius 1 is 0.394 bits per heavy atom. The van der Waals surface area contributed by atoms with Crippen LogP contribution in [0, 0.1) is 67.7 Å². The second-order valence-corrected chi connectivity index (χ2v) is 24.4. The zero-order valence-corrected chi connectivity index (χ0v) is 42.2. The van der Waals surface area contributed by atoms with E-state index >= 15 is 13.7 Å². The van der Waals surface area contributed by atoms with Gasteiger partial charge in [-0.05, 0) is 139 Å². The lowest BCUT2D eigenvalue weighted by molar-refractivity contribution is 0.0333. The number of hydrogen-bond donors (Lipinski definition) is 0. The van der Waals surface area contributed by atoms with Gasteiger partial charge in [0.05, 0.1) is 19.8 Å². The summed E-state index contributed by atoms with van der Waals surface area (Å²) in [6.07, 6.45) is 0.0791. The van der Waals surface area contributed by atoms with E-state index in [1.807, 2.05) is 57.2 Å². The van der Waals surface area contributed by atoms with Crippen molar-refractivity contribution in [2.24, 2.45) is 5.41 Å². The second kappa shape index (κ2) is 20.4. The molecule has 0 spiro atoms. The Morgan fingerprint density at radius 3 is 0.803 bits per heavy atom. The first-order valence-electron chi connectivity index (χ1n) is 22.0. The van der Waals surface area contributed by atoms with E-state index in [2.05, 4.69) is 0 Å². The minimum Gasteiger partial charge on any atom is -0.319 e. The minimum atomic E-state index is -4.50. The quantitative estimate of drug-likeness (QED) is 0.0728. The maximum atomic E-state index is 15.6.